The molecular weight excluding hydrogens is 263 g/mol. The summed E-state index contributed by atoms with van der Waals surface area (Å²) in [6.07, 6.45) is 0. The molecule has 0 saturated heterocycles. The molecular formula is H12MgO10Se. The molecule has 12 heteroatoms. The van der Waals surface area contributed by atoms with Crippen LogP contribution in [0.2, 0.25) is 0 Å². The first-order valence-corrected chi connectivity index (χ1v) is 3.46. The Bertz CT molecular complexity index is 93.0. The number of rotatable bonds is 0. The fourth-order valence-electron chi connectivity index (χ4n) is 0. The molecule has 12 N–H and O–H groups in total. The monoisotopic (exact) mass is 276 g/mol. The standard InChI is InChI=1S/Mg.H2O4Se.6H2O/c;1-5(2,3)4;;;;;;/h;(H2,1,2,3,4);6*1H2/q+2;;;;;;;/p-2. The van der Waals surface area contributed by atoms with Crippen LogP contribution in [0.4, 0.5) is 0 Å². The van der Waals surface area contributed by atoms with Crippen LogP contribution in [0.25, 0.3) is 0 Å². The van der Waals surface area contributed by atoms with Gasteiger partial charge in [-0.3, -0.25) is 0 Å². The summed E-state index contributed by atoms with van der Waals surface area (Å²) in [4.78, 5) is 0. The molecule has 0 radical (unpaired) electrons. The van der Waals surface area contributed by atoms with Gasteiger partial charge in [0, 0.05) is 0 Å². The van der Waals surface area contributed by atoms with Crippen LogP contribution in [-0.2, 0) is 7.67 Å². The summed E-state index contributed by atoms with van der Waals surface area (Å²) < 4.78 is 34.4. The first kappa shape index (κ1) is 80.6. The zero-order chi connectivity index (χ0) is 4.50. The Morgan fingerprint density at radius 3 is 0.667 bits per heavy atom. The molecule has 0 aromatic rings. The van der Waals surface area contributed by atoms with Gasteiger partial charge in [0.1, 0.15) is 0 Å². The van der Waals surface area contributed by atoms with E-state index in [1.165, 1.54) is 0 Å². The summed E-state index contributed by atoms with van der Waals surface area (Å²) in [5.41, 5.74) is 0. The molecule has 0 spiro atoms. The van der Waals surface area contributed by atoms with Gasteiger partial charge in [0.2, 0.25) is 0 Å². The van der Waals surface area contributed by atoms with E-state index in [2.05, 4.69) is 0 Å². The molecule has 0 aromatic heterocycles. The Morgan fingerprint density at radius 2 is 0.667 bits per heavy atom. The molecule has 0 unspecified atom stereocenters. The van der Waals surface area contributed by atoms with E-state index in [0.29, 0.717) is 0 Å². The third-order valence-electron chi connectivity index (χ3n) is 0. The van der Waals surface area contributed by atoms with Gasteiger partial charge in [0.15, 0.2) is 0 Å². The number of hydrogen-bond acceptors (Lipinski definition) is 4. The van der Waals surface area contributed by atoms with Crippen molar-refractivity contribution < 1.29 is 48.9 Å². The molecule has 0 amide bonds. The van der Waals surface area contributed by atoms with E-state index in [-0.39, 0.29) is 55.9 Å². The Labute approximate surface area is 85.5 Å². The van der Waals surface area contributed by atoms with Crippen LogP contribution >= 0.6 is 0 Å². The van der Waals surface area contributed by atoms with Gasteiger partial charge in [-0.15, -0.1) is 0 Å². The maximum absolute atomic E-state index is 8.59. The van der Waals surface area contributed by atoms with Crippen molar-refractivity contribution in [1.29, 1.82) is 0 Å². The fraction of sp³-hybridized carbons (Fsp3) is 0. The van der Waals surface area contributed by atoms with E-state index in [4.69, 9.17) is 16.0 Å². The van der Waals surface area contributed by atoms with E-state index in [1.807, 2.05) is 0 Å². The van der Waals surface area contributed by atoms with Crippen molar-refractivity contribution in [3.8, 4) is 0 Å². The Kier molecular flexibility index (Phi) is 201. The fourth-order valence-corrected chi connectivity index (χ4v) is 0. The van der Waals surface area contributed by atoms with Gasteiger partial charge in [-0.05, 0) is 0 Å². The van der Waals surface area contributed by atoms with Crippen molar-refractivity contribution in [2.24, 2.45) is 0 Å². The number of hydrogen-bond donors (Lipinski definition) is 0. The summed E-state index contributed by atoms with van der Waals surface area (Å²) in [7, 11) is 0. The van der Waals surface area contributed by atoms with Crippen LogP contribution in [0.5, 0.6) is 0 Å². The van der Waals surface area contributed by atoms with Gasteiger partial charge in [0.25, 0.3) is 0 Å². The summed E-state index contributed by atoms with van der Waals surface area (Å²) in [5.74, 6) is 0. The molecule has 12 heavy (non-hydrogen) atoms. The van der Waals surface area contributed by atoms with Gasteiger partial charge in [-0.1, -0.05) is 0 Å². The van der Waals surface area contributed by atoms with Crippen LogP contribution in [-0.4, -0.2) is 69.3 Å². The largest absolute Gasteiger partial charge is 2.00 e. The molecule has 0 aliphatic carbocycles. The second kappa shape index (κ2) is 30.0. The normalized spacial score (nSPS) is 4.83. The Morgan fingerprint density at radius 1 is 0.667 bits per heavy atom. The molecule has 0 rings (SSSR count). The van der Waals surface area contributed by atoms with Crippen molar-refractivity contribution in [2.45, 2.75) is 0 Å². The molecule has 0 atom stereocenters. The van der Waals surface area contributed by atoms with Crippen LogP contribution < -0.4 is 8.38 Å². The first-order chi connectivity index (χ1) is 2.00. The van der Waals surface area contributed by atoms with Crippen LogP contribution in [0.15, 0.2) is 0 Å². The van der Waals surface area contributed by atoms with E-state index in [9.17, 15) is 0 Å². The average Bonchev–Trinajstić information content (AvgIpc) is 0.722. The second-order valence-electron chi connectivity index (χ2n) is 0.408. The average molecular weight is 275 g/mol. The van der Waals surface area contributed by atoms with Crippen molar-refractivity contribution in [1.82, 2.24) is 0 Å². The molecule has 0 aliphatic rings. The SMILES string of the molecule is O.O.O.O.O.O.O=[Se](=O)([O-])[O-].[Mg+2]. The predicted molar refractivity (Wildman–Crippen MR) is 34.6 cm³/mol. The molecule has 80 valence electrons. The van der Waals surface area contributed by atoms with Crippen molar-refractivity contribution in [2.75, 3.05) is 0 Å². The molecule has 0 bridgehead atoms. The molecule has 0 aromatic carbocycles. The quantitative estimate of drug-likeness (QED) is 0.389. The van der Waals surface area contributed by atoms with Gasteiger partial charge in [-0.2, -0.15) is 0 Å². The van der Waals surface area contributed by atoms with Gasteiger partial charge >= 0.3 is 52.5 Å². The maximum Gasteiger partial charge on any atom is 2.00 e. The third-order valence-corrected chi connectivity index (χ3v) is 0. The maximum atomic E-state index is 8.59. The third kappa shape index (κ3) is 3020. The van der Waals surface area contributed by atoms with Gasteiger partial charge in [-0.25, -0.2) is 0 Å². The van der Waals surface area contributed by atoms with Gasteiger partial charge < -0.3 is 32.9 Å². The molecule has 0 saturated carbocycles. The molecule has 0 heterocycles. The van der Waals surface area contributed by atoms with Crippen molar-refractivity contribution >= 4 is 36.4 Å². The van der Waals surface area contributed by atoms with Crippen molar-refractivity contribution in [3.05, 3.63) is 0 Å². The minimum Gasteiger partial charge on any atom is 2.00 e. The van der Waals surface area contributed by atoms with Crippen molar-refractivity contribution in [3.63, 3.8) is 0 Å². The first-order valence-electron chi connectivity index (χ1n) is 0.667. The Balaban J connectivity index is -0.00000000381. The zero-order valence-electron chi connectivity index (χ0n) is 5.75. The summed E-state index contributed by atoms with van der Waals surface area (Å²) in [6, 6.07) is 0. The summed E-state index contributed by atoms with van der Waals surface area (Å²) in [5, 5.41) is 0. The van der Waals surface area contributed by atoms with Crippen LogP contribution in [0.1, 0.15) is 0 Å². The van der Waals surface area contributed by atoms with Crippen LogP contribution in [0, 0.1) is 0 Å². The summed E-state index contributed by atoms with van der Waals surface area (Å²) in [6.45, 7) is 0. The molecule has 10 nitrogen and oxygen atoms in total. The smallest absolute Gasteiger partial charge is 2.00 e. The van der Waals surface area contributed by atoms with E-state index in [1.54, 1.807) is 0 Å². The minimum absolute atomic E-state index is 0. The summed E-state index contributed by atoms with van der Waals surface area (Å²) >= 11 is -5.75. The minimum atomic E-state index is -5.75. The Hall–Kier alpha value is 0.566. The molecule has 0 fully saturated rings. The van der Waals surface area contributed by atoms with Gasteiger partial charge in [0.05, 0.1) is 0 Å². The molecule has 0 aliphatic heterocycles. The van der Waals surface area contributed by atoms with Crippen LogP contribution in [0.3, 0.4) is 0 Å². The zero-order valence-corrected chi connectivity index (χ0v) is 8.88. The second-order valence-corrected chi connectivity index (χ2v) is 2.12. The van der Waals surface area contributed by atoms with E-state index >= 15 is 0 Å². The predicted octanol–water partition coefficient (Wildman–Crippen LogP) is -8.33. The topological polar surface area (TPSA) is 269 Å². The van der Waals surface area contributed by atoms with E-state index < -0.39 is 13.4 Å². The van der Waals surface area contributed by atoms with E-state index in [0.717, 1.165) is 0 Å².